The van der Waals surface area contributed by atoms with Gasteiger partial charge >= 0.3 is 0 Å². The Morgan fingerprint density at radius 2 is 1.88 bits per heavy atom. The number of benzene rings is 2. The molecule has 3 rings (SSSR count). The average molecular weight is 394 g/mol. The number of imidazole rings is 1. The highest BCUT2D eigenvalue weighted by molar-refractivity contribution is 6.35. The van der Waals surface area contributed by atoms with Crippen molar-refractivity contribution >= 4 is 40.5 Å². The first-order chi connectivity index (χ1) is 12.1. The summed E-state index contributed by atoms with van der Waals surface area (Å²) in [5.41, 5.74) is 2.66. The second kappa shape index (κ2) is 7.96. The molecular formula is C19H15Cl3N2O. The van der Waals surface area contributed by atoms with E-state index in [1.165, 1.54) is 0 Å². The lowest BCUT2D eigenvalue weighted by atomic mass is 10.1. The Labute approximate surface area is 161 Å². The van der Waals surface area contributed by atoms with E-state index >= 15 is 0 Å². The summed E-state index contributed by atoms with van der Waals surface area (Å²) in [5.74, 6) is 0.706. The normalized spacial score (nSPS) is 11.6. The van der Waals surface area contributed by atoms with Crippen LogP contribution in [0.25, 0.3) is 5.70 Å². The van der Waals surface area contributed by atoms with Crippen LogP contribution in [0.4, 0.5) is 0 Å². The lowest BCUT2D eigenvalue weighted by molar-refractivity contribution is 0.305. The van der Waals surface area contributed by atoms with Crippen molar-refractivity contribution in [1.29, 1.82) is 0 Å². The molecule has 3 nitrogen and oxygen atoms in total. The summed E-state index contributed by atoms with van der Waals surface area (Å²) < 4.78 is 7.93. The first-order valence-corrected chi connectivity index (χ1v) is 8.73. The number of hydrogen-bond donors (Lipinski definition) is 0. The Kier molecular flexibility index (Phi) is 5.69. The van der Waals surface area contributed by atoms with Gasteiger partial charge in [-0.2, -0.15) is 0 Å². The molecule has 0 aliphatic carbocycles. The molecule has 0 radical (unpaired) electrons. The van der Waals surface area contributed by atoms with Gasteiger partial charge in [0.15, 0.2) is 0 Å². The minimum atomic E-state index is 0.325. The molecule has 128 valence electrons. The van der Waals surface area contributed by atoms with Crippen molar-refractivity contribution in [1.82, 2.24) is 9.55 Å². The maximum Gasteiger partial charge on any atom is 0.129 e. The number of nitrogens with zero attached hydrogens (tertiary/aromatic N) is 2. The van der Waals surface area contributed by atoms with E-state index in [1.54, 1.807) is 30.7 Å². The molecule has 1 heterocycles. The summed E-state index contributed by atoms with van der Waals surface area (Å²) in [6.07, 6.45) is 7.31. The monoisotopic (exact) mass is 392 g/mol. The molecule has 6 heteroatoms. The lowest BCUT2D eigenvalue weighted by Gasteiger charge is -2.16. The quantitative estimate of drug-likeness (QED) is 0.506. The zero-order valence-corrected chi connectivity index (χ0v) is 15.7. The van der Waals surface area contributed by atoms with E-state index in [9.17, 15) is 0 Å². The summed E-state index contributed by atoms with van der Waals surface area (Å²) in [6, 6.07) is 10.9. The molecule has 1 aromatic heterocycles. The van der Waals surface area contributed by atoms with Crippen molar-refractivity contribution in [2.24, 2.45) is 0 Å². The first kappa shape index (κ1) is 17.9. The molecule has 0 atom stereocenters. The van der Waals surface area contributed by atoms with Crippen LogP contribution >= 0.6 is 34.8 Å². The molecule has 0 bridgehead atoms. The first-order valence-electron chi connectivity index (χ1n) is 7.60. The van der Waals surface area contributed by atoms with Gasteiger partial charge in [0.05, 0.1) is 12.0 Å². The molecule has 3 aromatic rings. The van der Waals surface area contributed by atoms with Gasteiger partial charge in [-0.1, -0.05) is 46.9 Å². The van der Waals surface area contributed by atoms with E-state index in [0.717, 1.165) is 16.8 Å². The van der Waals surface area contributed by atoms with Crippen molar-refractivity contribution in [3.8, 4) is 5.75 Å². The largest absolute Gasteiger partial charge is 0.488 e. The number of halogens is 3. The molecule has 0 unspecified atom stereocenters. The average Bonchev–Trinajstić information content (AvgIpc) is 3.10. The molecule has 0 saturated heterocycles. The number of hydrogen-bond acceptors (Lipinski definition) is 2. The number of allylic oxidation sites excluding steroid dienone is 1. The number of ether oxygens (including phenoxy) is 1. The van der Waals surface area contributed by atoms with Crippen LogP contribution in [0.3, 0.4) is 0 Å². The van der Waals surface area contributed by atoms with E-state index in [4.69, 9.17) is 39.5 Å². The Balaban J connectivity index is 1.91. The van der Waals surface area contributed by atoms with Crippen molar-refractivity contribution < 1.29 is 4.74 Å². The molecule has 2 aromatic carbocycles. The second-order valence-corrected chi connectivity index (χ2v) is 6.59. The van der Waals surface area contributed by atoms with Gasteiger partial charge < -0.3 is 9.30 Å². The highest BCUT2D eigenvalue weighted by Crippen LogP contribution is 2.31. The maximum atomic E-state index is 6.22. The minimum absolute atomic E-state index is 0.325. The van der Waals surface area contributed by atoms with Crippen molar-refractivity contribution in [2.75, 3.05) is 0 Å². The molecule has 0 fully saturated rings. The van der Waals surface area contributed by atoms with E-state index < -0.39 is 0 Å². The summed E-state index contributed by atoms with van der Waals surface area (Å²) >= 11 is 18.4. The van der Waals surface area contributed by atoms with E-state index in [0.29, 0.717) is 27.4 Å². The van der Waals surface area contributed by atoms with Gasteiger partial charge in [0.2, 0.25) is 0 Å². The predicted molar refractivity (Wildman–Crippen MR) is 104 cm³/mol. The Bertz CT molecular complexity index is 905. The lowest BCUT2D eigenvalue weighted by Crippen LogP contribution is -2.02. The van der Waals surface area contributed by atoms with Crippen LogP contribution in [0, 0.1) is 0 Å². The van der Waals surface area contributed by atoms with E-state index in [2.05, 4.69) is 4.98 Å². The Hall–Kier alpha value is -1.94. The topological polar surface area (TPSA) is 27.1 Å². The molecule has 0 amide bonds. The summed E-state index contributed by atoms with van der Waals surface area (Å²) in [4.78, 5) is 4.10. The molecule has 0 aliphatic heterocycles. The van der Waals surface area contributed by atoms with Crippen LogP contribution in [0.5, 0.6) is 5.75 Å². The van der Waals surface area contributed by atoms with Crippen LogP contribution < -0.4 is 4.74 Å². The highest BCUT2D eigenvalue weighted by atomic mass is 35.5. The molecular weight excluding hydrogens is 379 g/mol. The van der Waals surface area contributed by atoms with Crippen LogP contribution in [0.2, 0.25) is 15.1 Å². The van der Waals surface area contributed by atoms with Crippen LogP contribution in [0.15, 0.2) is 61.2 Å². The SMILES string of the molecule is CC=C(c1cc(Cl)ccc1OCc1ccc(Cl)cc1Cl)n1ccnc1. The smallest absolute Gasteiger partial charge is 0.129 e. The van der Waals surface area contributed by atoms with Crippen LogP contribution in [0.1, 0.15) is 18.1 Å². The Morgan fingerprint density at radius 3 is 2.56 bits per heavy atom. The van der Waals surface area contributed by atoms with Gasteiger partial charge in [-0.25, -0.2) is 4.98 Å². The number of rotatable bonds is 5. The van der Waals surface area contributed by atoms with Crippen molar-refractivity contribution in [2.45, 2.75) is 13.5 Å². The van der Waals surface area contributed by atoms with Crippen LogP contribution in [-0.2, 0) is 6.61 Å². The summed E-state index contributed by atoms with van der Waals surface area (Å²) in [7, 11) is 0. The van der Waals surface area contributed by atoms with Crippen molar-refractivity contribution in [3.63, 3.8) is 0 Å². The maximum absolute atomic E-state index is 6.22. The fourth-order valence-electron chi connectivity index (χ4n) is 2.47. The van der Waals surface area contributed by atoms with Gasteiger partial charge in [-0.3, -0.25) is 0 Å². The number of aromatic nitrogens is 2. The van der Waals surface area contributed by atoms with Gasteiger partial charge in [0, 0.05) is 38.6 Å². The van der Waals surface area contributed by atoms with Gasteiger partial charge in [-0.05, 0) is 37.3 Å². The van der Waals surface area contributed by atoms with E-state index in [1.807, 2.05) is 42.0 Å². The van der Waals surface area contributed by atoms with E-state index in [-0.39, 0.29) is 0 Å². The zero-order chi connectivity index (χ0) is 17.8. The third-order valence-corrected chi connectivity index (χ3v) is 4.49. The van der Waals surface area contributed by atoms with Crippen molar-refractivity contribution in [3.05, 3.63) is 87.4 Å². The fourth-order valence-corrected chi connectivity index (χ4v) is 3.10. The summed E-state index contributed by atoms with van der Waals surface area (Å²) in [5, 5.41) is 1.80. The molecule has 0 N–H and O–H groups in total. The molecule has 0 saturated carbocycles. The second-order valence-electron chi connectivity index (χ2n) is 5.31. The molecule has 0 spiro atoms. The fraction of sp³-hybridized carbons (Fsp3) is 0.105. The van der Waals surface area contributed by atoms with Gasteiger partial charge in [-0.15, -0.1) is 0 Å². The standard InChI is InChI=1S/C19H15Cl3N2O/c1-2-18(24-8-7-23-12-24)16-9-14(20)5-6-19(16)25-11-13-3-4-15(21)10-17(13)22/h2-10,12H,11H2,1H3. The Morgan fingerprint density at radius 1 is 1.12 bits per heavy atom. The third-order valence-electron chi connectivity index (χ3n) is 3.67. The molecule has 0 aliphatic rings. The minimum Gasteiger partial charge on any atom is -0.488 e. The zero-order valence-electron chi connectivity index (χ0n) is 13.4. The predicted octanol–water partition coefficient (Wildman–Crippen LogP) is 6.33. The third kappa shape index (κ3) is 4.18. The summed E-state index contributed by atoms with van der Waals surface area (Å²) in [6.45, 7) is 2.28. The highest BCUT2D eigenvalue weighted by Gasteiger charge is 2.12. The van der Waals surface area contributed by atoms with Crippen LogP contribution in [-0.4, -0.2) is 9.55 Å². The molecule has 25 heavy (non-hydrogen) atoms. The van der Waals surface area contributed by atoms with Gasteiger partial charge in [0.25, 0.3) is 0 Å². The van der Waals surface area contributed by atoms with Gasteiger partial charge in [0.1, 0.15) is 12.4 Å².